The SMILES string of the molecule is CCSC/C=C(\C)C(C)=O. The number of thioether (sulfide) groups is 1. The number of carbonyl (C=O) groups excluding carboxylic acids is 1. The maximum atomic E-state index is 10.7. The van der Waals surface area contributed by atoms with Gasteiger partial charge in [-0.1, -0.05) is 13.0 Å². The summed E-state index contributed by atoms with van der Waals surface area (Å²) in [7, 11) is 0. The van der Waals surface area contributed by atoms with Gasteiger partial charge in [0, 0.05) is 5.75 Å². The van der Waals surface area contributed by atoms with Gasteiger partial charge >= 0.3 is 0 Å². The minimum Gasteiger partial charge on any atom is -0.295 e. The highest BCUT2D eigenvalue weighted by Gasteiger charge is 1.92. The van der Waals surface area contributed by atoms with Crippen LogP contribution in [0.1, 0.15) is 20.8 Å². The van der Waals surface area contributed by atoms with Crippen LogP contribution in [0.15, 0.2) is 11.6 Å². The molecule has 0 N–H and O–H groups in total. The van der Waals surface area contributed by atoms with Crippen molar-refractivity contribution in [3.8, 4) is 0 Å². The molecule has 2 heteroatoms. The first kappa shape index (κ1) is 9.76. The number of ketones is 1. The number of rotatable bonds is 4. The van der Waals surface area contributed by atoms with E-state index in [1.54, 1.807) is 6.92 Å². The van der Waals surface area contributed by atoms with Crippen molar-refractivity contribution in [1.29, 1.82) is 0 Å². The molecule has 0 saturated heterocycles. The molecule has 0 rings (SSSR count). The van der Waals surface area contributed by atoms with Crippen molar-refractivity contribution in [3.63, 3.8) is 0 Å². The fraction of sp³-hybridized carbons (Fsp3) is 0.625. The predicted molar refractivity (Wildman–Crippen MR) is 47.4 cm³/mol. The van der Waals surface area contributed by atoms with Gasteiger partial charge in [0.15, 0.2) is 5.78 Å². The summed E-state index contributed by atoms with van der Waals surface area (Å²) in [5.41, 5.74) is 0.876. The Morgan fingerprint density at radius 1 is 1.50 bits per heavy atom. The van der Waals surface area contributed by atoms with E-state index in [0.717, 1.165) is 17.1 Å². The zero-order chi connectivity index (χ0) is 7.98. The molecule has 0 unspecified atom stereocenters. The Morgan fingerprint density at radius 3 is 2.50 bits per heavy atom. The second kappa shape index (κ2) is 5.54. The number of hydrogen-bond donors (Lipinski definition) is 0. The van der Waals surface area contributed by atoms with Crippen LogP contribution >= 0.6 is 11.8 Å². The van der Waals surface area contributed by atoms with Crippen LogP contribution in [0.2, 0.25) is 0 Å². The molecule has 0 atom stereocenters. The first-order chi connectivity index (χ1) is 4.68. The van der Waals surface area contributed by atoms with Gasteiger partial charge in [-0.15, -0.1) is 0 Å². The van der Waals surface area contributed by atoms with E-state index in [1.165, 1.54) is 0 Å². The minimum absolute atomic E-state index is 0.178. The van der Waals surface area contributed by atoms with Gasteiger partial charge < -0.3 is 0 Å². The second-order valence-electron chi connectivity index (χ2n) is 2.10. The predicted octanol–water partition coefficient (Wildman–Crippen LogP) is 2.27. The Bertz CT molecular complexity index is 138. The quantitative estimate of drug-likeness (QED) is 0.461. The Kier molecular flexibility index (Phi) is 5.40. The molecule has 0 aliphatic carbocycles. The molecule has 0 fully saturated rings. The van der Waals surface area contributed by atoms with Gasteiger partial charge in [-0.2, -0.15) is 11.8 Å². The number of carbonyl (C=O) groups is 1. The van der Waals surface area contributed by atoms with Crippen LogP contribution in [0.25, 0.3) is 0 Å². The lowest BCUT2D eigenvalue weighted by molar-refractivity contribution is -0.113. The molecule has 0 heterocycles. The third kappa shape index (κ3) is 4.62. The molecule has 58 valence electrons. The average molecular weight is 158 g/mol. The van der Waals surface area contributed by atoms with E-state index in [0.29, 0.717) is 0 Å². The molecular weight excluding hydrogens is 144 g/mol. The van der Waals surface area contributed by atoms with E-state index >= 15 is 0 Å². The van der Waals surface area contributed by atoms with Crippen molar-refractivity contribution in [3.05, 3.63) is 11.6 Å². The van der Waals surface area contributed by atoms with Crippen LogP contribution in [-0.4, -0.2) is 17.3 Å². The van der Waals surface area contributed by atoms with Crippen molar-refractivity contribution in [2.24, 2.45) is 0 Å². The van der Waals surface area contributed by atoms with E-state index in [2.05, 4.69) is 6.92 Å². The van der Waals surface area contributed by atoms with Gasteiger partial charge in [-0.3, -0.25) is 4.79 Å². The maximum absolute atomic E-state index is 10.7. The molecule has 0 spiro atoms. The molecule has 10 heavy (non-hydrogen) atoms. The molecule has 0 aromatic rings. The topological polar surface area (TPSA) is 17.1 Å². The van der Waals surface area contributed by atoms with Crippen molar-refractivity contribution in [1.82, 2.24) is 0 Å². The van der Waals surface area contributed by atoms with Gasteiger partial charge in [0.05, 0.1) is 0 Å². The number of allylic oxidation sites excluding steroid dienone is 1. The average Bonchev–Trinajstić information content (AvgIpc) is 1.88. The molecular formula is C8H14OS. The highest BCUT2D eigenvalue weighted by atomic mass is 32.2. The first-order valence-corrected chi connectivity index (χ1v) is 4.59. The monoisotopic (exact) mass is 158 g/mol. The molecule has 0 saturated carbocycles. The highest BCUT2D eigenvalue weighted by molar-refractivity contribution is 7.99. The highest BCUT2D eigenvalue weighted by Crippen LogP contribution is 2.02. The summed E-state index contributed by atoms with van der Waals surface area (Å²) in [4.78, 5) is 10.7. The molecule has 0 aliphatic rings. The normalized spacial score (nSPS) is 11.7. The summed E-state index contributed by atoms with van der Waals surface area (Å²) in [6, 6.07) is 0. The molecule has 0 radical (unpaired) electrons. The molecule has 1 nitrogen and oxygen atoms in total. The zero-order valence-corrected chi connectivity index (χ0v) is 7.62. The Labute approximate surface area is 66.9 Å². The zero-order valence-electron chi connectivity index (χ0n) is 6.81. The lowest BCUT2D eigenvalue weighted by atomic mass is 10.2. The summed E-state index contributed by atoms with van der Waals surface area (Å²) in [6.45, 7) is 5.57. The smallest absolute Gasteiger partial charge is 0.155 e. The van der Waals surface area contributed by atoms with Crippen LogP contribution in [-0.2, 0) is 4.79 Å². The molecule has 0 aromatic heterocycles. The number of hydrogen-bond acceptors (Lipinski definition) is 2. The van der Waals surface area contributed by atoms with E-state index in [-0.39, 0.29) is 5.78 Å². The van der Waals surface area contributed by atoms with Gasteiger partial charge in [0.1, 0.15) is 0 Å². The summed E-state index contributed by atoms with van der Waals surface area (Å²) < 4.78 is 0. The Morgan fingerprint density at radius 2 is 2.10 bits per heavy atom. The summed E-state index contributed by atoms with van der Waals surface area (Å²) >= 11 is 1.83. The van der Waals surface area contributed by atoms with Crippen LogP contribution in [0.3, 0.4) is 0 Å². The molecule has 0 aliphatic heterocycles. The first-order valence-electron chi connectivity index (χ1n) is 3.44. The lowest BCUT2D eigenvalue weighted by Crippen LogP contribution is -1.91. The van der Waals surface area contributed by atoms with Crippen molar-refractivity contribution < 1.29 is 4.79 Å². The van der Waals surface area contributed by atoms with Gasteiger partial charge in [0.2, 0.25) is 0 Å². The van der Waals surface area contributed by atoms with E-state index in [1.807, 2.05) is 24.8 Å². The van der Waals surface area contributed by atoms with Crippen molar-refractivity contribution in [2.75, 3.05) is 11.5 Å². The van der Waals surface area contributed by atoms with Gasteiger partial charge in [0.25, 0.3) is 0 Å². The standard InChI is InChI=1S/C8H14OS/c1-4-10-6-5-7(2)8(3)9/h5H,4,6H2,1-3H3/b7-5+. The van der Waals surface area contributed by atoms with Crippen LogP contribution in [0.4, 0.5) is 0 Å². The maximum Gasteiger partial charge on any atom is 0.155 e. The van der Waals surface area contributed by atoms with Crippen LogP contribution in [0, 0.1) is 0 Å². The van der Waals surface area contributed by atoms with Crippen LogP contribution < -0.4 is 0 Å². The third-order valence-electron chi connectivity index (χ3n) is 1.27. The Hall–Kier alpha value is -0.240. The molecule has 0 amide bonds. The summed E-state index contributed by atoms with van der Waals surface area (Å²) in [5.74, 6) is 2.25. The molecule has 0 bridgehead atoms. The molecule has 0 aromatic carbocycles. The van der Waals surface area contributed by atoms with Gasteiger partial charge in [-0.05, 0) is 25.2 Å². The fourth-order valence-corrected chi connectivity index (χ4v) is 1.05. The summed E-state index contributed by atoms with van der Waals surface area (Å²) in [5, 5.41) is 0. The van der Waals surface area contributed by atoms with E-state index in [9.17, 15) is 4.79 Å². The largest absolute Gasteiger partial charge is 0.295 e. The fourth-order valence-electron chi connectivity index (χ4n) is 0.446. The van der Waals surface area contributed by atoms with Crippen LogP contribution in [0.5, 0.6) is 0 Å². The number of Topliss-reactive ketones (excluding diaryl/α,β-unsaturated/α-hetero) is 1. The lowest BCUT2D eigenvalue weighted by Gasteiger charge is -1.93. The van der Waals surface area contributed by atoms with E-state index < -0.39 is 0 Å². The van der Waals surface area contributed by atoms with Crippen molar-refractivity contribution >= 4 is 17.5 Å². The summed E-state index contributed by atoms with van der Waals surface area (Å²) in [6.07, 6.45) is 1.98. The van der Waals surface area contributed by atoms with E-state index in [4.69, 9.17) is 0 Å². The minimum atomic E-state index is 0.178. The van der Waals surface area contributed by atoms with Gasteiger partial charge in [-0.25, -0.2) is 0 Å². The Balaban J connectivity index is 3.58. The third-order valence-corrected chi connectivity index (χ3v) is 2.08. The second-order valence-corrected chi connectivity index (χ2v) is 3.42. The van der Waals surface area contributed by atoms with Crippen molar-refractivity contribution in [2.45, 2.75) is 20.8 Å².